The molecular weight excluding hydrogens is 308 g/mol. The van der Waals surface area contributed by atoms with Crippen LogP contribution in [0, 0.1) is 6.92 Å². The van der Waals surface area contributed by atoms with Crippen LogP contribution in [-0.4, -0.2) is 31.9 Å². The second kappa shape index (κ2) is 7.73. The summed E-state index contributed by atoms with van der Waals surface area (Å²) in [5.41, 5.74) is 1.43. The molecule has 0 spiro atoms. The lowest BCUT2D eigenvalue weighted by atomic mass is 10.0. The summed E-state index contributed by atoms with van der Waals surface area (Å²) in [6.45, 7) is 1.48. The van der Waals surface area contributed by atoms with E-state index in [-0.39, 0.29) is 16.7 Å². The summed E-state index contributed by atoms with van der Waals surface area (Å²) in [5, 5.41) is 21.5. The van der Waals surface area contributed by atoms with Crippen molar-refractivity contribution >= 4 is 11.9 Å². The molecule has 6 heteroatoms. The first-order valence-corrected chi connectivity index (χ1v) is 7.12. The number of benzene rings is 2. The monoisotopic (exact) mass is 324 g/mol. The normalized spacial score (nSPS) is 9.71. The molecule has 0 aliphatic rings. The van der Waals surface area contributed by atoms with Gasteiger partial charge in [0.25, 0.3) is 0 Å². The molecule has 0 atom stereocenters. The van der Waals surface area contributed by atoms with Crippen LogP contribution in [0.3, 0.4) is 0 Å². The lowest BCUT2D eigenvalue weighted by Gasteiger charge is -2.03. The molecule has 0 radical (unpaired) electrons. The predicted octanol–water partition coefficient (Wildman–Crippen LogP) is 3.26. The zero-order chi connectivity index (χ0) is 17.5. The fourth-order valence-electron chi connectivity index (χ4n) is 2.10. The van der Waals surface area contributed by atoms with Crippen LogP contribution in [-0.2, 0) is 0 Å². The Labute approximate surface area is 138 Å². The van der Waals surface area contributed by atoms with Crippen molar-refractivity contribution < 1.29 is 19.8 Å². The topological polar surface area (TPSA) is 92.4 Å². The summed E-state index contributed by atoms with van der Waals surface area (Å²) in [5.74, 6) is -2.22. The Bertz CT molecular complexity index is 795. The van der Waals surface area contributed by atoms with Gasteiger partial charge in [-0.05, 0) is 42.8 Å². The molecule has 3 rings (SSSR count). The number of para-hydroxylation sites is 1. The number of hydrogen-bond donors (Lipinski definition) is 2. The molecule has 122 valence electrons. The summed E-state index contributed by atoms with van der Waals surface area (Å²) < 4.78 is 1.83. The van der Waals surface area contributed by atoms with Gasteiger partial charge in [-0.2, -0.15) is 5.10 Å². The van der Waals surface area contributed by atoms with E-state index in [1.165, 1.54) is 25.1 Å². The van der Waals surface area contributed by atoms with Gasteiger partial charge in [0.2, 0.25) is 0 Å². The van der Waals surface area contributed by atoms with E-state index in [1.54, 1.807) is 6.20 Å². The van der Waals surface area contributed by atoms with E-state index in [2.05, 4.69) is 5.10 Å². The number of hydrogen-bond acceptors (Lipinski definition) is 3. The minimum Gasteiger partial charge on any atom is -0.478 e. The highest BCUT2D eigenvalue weighted by Gasteiger charge is 2.13. The van der Waals surface area contributed by atoms with Gasteiger partial charge in [-0.3, -0.25) is 0 Å². The molecule has 0 saturated carbocycles. The molecule has 1 aromatic heterocycles. The van der Waals surface area contributed by atoms with Crippen LogP contribution in [0.5, 0.6) is 0 Å². The number of carboxylic acids is 2. The number of nitrogens with zero attached hydrogens (tertiary/aromatic N) is 2. The minimum atomic E-state index is -1.11. The number of carbonyl (C=O) groups is 2. The van der Waals surface area contributed by atoms with Gasteiger partial charge < -0.3 is 10.2 Å². The van der Waals surface area contributed by atoms with Gasteiger partial charge in [0.15, 0.2) is 0 Å². The quantitative estimate of drug-likeness (QED) is 0.771. The first-order chi connectivity index (χ1) is 11.5. The lowest BCUT2D eigenvalue weighted by Crippen LogP contribution is -2.06. The van der Waals surface area contributed by atoms with Crippen LogP contribution >= 0.6 is 0 Å². The van der Waals surface area contributed by atoms with Gasteiger partial charge >= 0.3 is 11.9 Å². The number of rotatable bonds is 3. The molecule has 0 unspecified atom stereocenters. The van der Waals surface area contributed by atoms with Crippen LogP contribution in [0.4, 0.5) is 0 Å². The number of aromatic nitrogens is 2. The van der Waals surface area contributed by atoms with E-state index in [4.69, 9.17) is 10.2 Å². The van der Waals surface area contributed by atoms with Crippen LogP contribution in [0.2, 0.25) is 0 Å². The van der Waals surface area contributed by atoms with Crippen molar-refractivity contribution in [3.05, 3.63) is 83.7 Å². The zero-order valence-corrected chi connectivity index (χ0v) is 13.0. The lowest BCUT2D eigenvalue weighted by molar-refractivity contribution is 0.0696. The maximum atomic E-state index is 10.6. The van der Waals surface area contributed by atoms with E-state index in [9.17, 15) is 9.59 Å². The Hall–Kier alpha value is -3.41. The van der Waals surface area contributed by atoms with Crippen molar-refractivity contribution in [3.63, 3.8) is 0 Å². The summed E-state index contributed by atoms with van der Waals surface area (Å²) in [7, 11) is 0. The highest BCUT2D eigenvalue weighted by Crippen LogP contribution is 2.13. The van der Waals surface area contributed by atoms with E-state index in [0.717, 1.165) is 5.69 Å². The molecule has 1 heterocycles. The molecule has 3 aromatic rings. The number of aromatic carboxylic acids is 2. The SMILES string of the molecule is Cc1c(C(=O)O)cccc1C(=O)O.c1ccc(-n2cccn2)cc1. The molecule has 2 N–H and O–H groups in total. The van der Waals surface area contributed by atoms with E-state index in [0.29, 0.717) is 0 Å². The minimum absolute atomic E-state index is 0.0277. The van der Waals surface area contributed by atoms with Crippen LogP contribution in [0.15, 0.2) is 67.0 Å². The Morgan fingerprint density at radius 3 is 1.92 bits per heavy atom. The van der Waals surface area contributed by atoms with Crippen LogP contribution in [0.1, 0.15) is 26.3 Å². The zero-order valence-electron chi connectivity index (χ0n) is 13.0. The van der Waals surface area contributed by atoms with Gasteiger partial charge in [-0.1, -0.05) is 24.3 Å². The molecule has 0 aliphatic heterocycles. The molecule has 0 bridgehead atoms. The summed E-state index contributed by atoms with van der Waals surface area (Å²) >= 11 is 0. The molecule has 2 aromatic carbocycles. The van der Waals surface area contributed by atoms with Gasteiger partial charge in [0.05, 0.1) is 16.8 Å². The summed E-state index contributed by atoms with van der Waals surface area (Å²) in [4.78, 5) is 21.2. The average molecular weight is 324 g/mol. The van der Waals surface area contributed by atoms with Crippen molar-refractivity contribution in [1.82, 2.24) is 9.78 Å². The van der Waals surface area contributed by atoms with E-state index >= 15 is 0 Å². The van der Waals surface area contributed by atoms with Gasteiger partial charge in [0.1, 0.15) is 0 Å². The van der Waals surface area contributed by atoms with Gasteiger partial charge in [-0.15, -0.1) is 0 Å². The van der Waals surface area contributed by atoms with Crippen LogP contribution < -0.4 is 0 Å². The summed E-state index contributed by atoms with van der Waals surface area (Å²) in [6.07, 6.45) is 3.70. The van der Waals surface area contributed by atoms with Crippen molar-refractivity contribution in [3.8, 4) is 5.69 Å². The maximum absolute atomic E-state index is 10.6. The molecule has 6 nitrogen and oxygen atoms in total. The molecule has 0 saturated heterocycles. The highest BCUT2D eigenvalue weighted by atomic mass is 16.4. The number of carboxylic acid groups (broad SMARTS) is 2. The molecule has 0 aliphatic carbocycles. The van der Waals surface area contributed by atoms with Crippen molar-refractivity contribution in [2.24, 2.45) is 0 Å². The Morgan fingerprint density at radius 2 is 1.46 bits per heavy atom. The van der Waals surface area contributed by atoms with Crippen LogP contribution in [0.25, 0.3) is 5.69 Å². The highest BCUT2D eigenvalue weighted by molar-refractivity contribution is 5.96. The van der Waals surface area contributed by atoms with E-state index < -0.39 is 11.9 Å². The Kier molecular flexibility index (Phi) is 5.46. The second-order valence-electron chi connectivity index (χ2n) is 4.87. The smallest absolute Gasteiger partial charge is 0.335 e. The summed E-state index contributed by atoms with van der Waals surface area (Å²) in [6, 6.07) is 16.1. The fourth-order valence-corrected chi connectivity index (χ4v) is 2.10. The first-order valence-electron chi connectivity index (χ1n) is 7.12. The largest absolute Gasteiger partial charge is 0.478 e. The molecule has 0 amide bonds. The molecular formula is C18H16N2O4. The Balaban J connectivity index is 0.000000175. The molecule has 24 heavy (non-hydrogen) atoms. The van der Waals surface area contributed by atoms with Crippen molar-refractivity contribution in [1.29, 1.82) is 0 Å². The maximum Gasteiger partial charge on any atom is 0.335 e. The van der Waals surface area contributed by atoms with Gasteiger partial charge in [-0.25, -0.2) is 14.3 Å². The first kappa shape index (κ1) is 17.0. The Morgan fingerprint density at radius 1 is 0.875 bits per heavy atom. The van der Waals surface area contributed by atoms with E-state index in [1.807, 2.05) is 47.3 Å². The van der Waals surface area contributed by atoms with Crippen molar-refractivity contribution in [2.45, 2.75) is 6.92 Å². The third-order valence-corrected chi connectivity index (χ3v) is 3.32. The standard InChI is InChI=1S/C9H8N2.C9H8O4/c1-2-5-9(6-3-1)11-8-4-7-10-11;1-5-6(8(10)11)3-2-4-7(5)9(12)13/h1-8H;2-4H,1H3,(H,10,11)(H,12,13). The molecule has 0 fully saturated rings. The predicted molar refractivity (Wildman–Crippen MR) is 88.7 cm³/mol. The average Bonchev–Trinajstić information content (AvgIpc) is 3.10. The fraction of sp³-hybridized carbons (Fsp3) is 0.0556. The van der Waals surface area contributed by atoms with Gasteiger partial charge in [0, 0.05) is 12.4 Å². The second-order valence-corrected chi connectivity index (χ2v) is 4.87. The van der Waals surface area contributed by atoms with Crippen molar-refractivity contribution in [2.75, 3.05) is 0 Å². The third-order valence-electron chi connectivity index (χ3n) is 3.32. The third kappa shape index (κ3) is 4.07.